The molecule has 1 amide bonds. The van der Waals surface area contributed by atoms with Crippen molar-refractivity contribution in [2.24, 2.45) is 7.05 Å². The molecule has 0 radical (unpaired) electrons. The van der Waals surface area contributed by atoms with Gasteiger partial charge in [0, 0.05) is 39.0 Å². The zero-order valence-electron chi connectivity index (χ0n) is 12.1. The van der Waals surface area contributed by atoms with Gasteiger partial charge in [0.1, 0.15) is 17.5 Å². The minimum atomic E-state index is -0.536. The van der Waals surface area contributed by atoms with Crippen LogP contribution in [0.3, 0.4) is 0 Å². The van der Waals surface area contributed by atoms with E-state index in [1.54, 1.807) is 6.20 Å². The quantitative estimate of drug-likeness (QED) is 0.843. The Morgan fingerprint density at radius 1 is 1.43 bits per heavy atom. The molecule has 6 nitrogen and oxygen atoms in total. The van der Waals surface area contributed by atoms with Crippen LogP contribution in [0.15, 0.2) is 24.7 Å². The number of amides is 1. The van der Waals surface area contributed by atoms with Crippen molar-refractivity contribution in [3.8, 4) is 0 Å². The molecule has 2 rings (SSSR count). The van der Waals surface area contributed by atoms with Crippen LogP contribution >= 0.6 is 0 Å². The molecule has 0 bridgehead atoms. The summed E-state index contributed by atoms with van der Waals surface area (Å²) in [4.78, 5) is 20.2. The third-order valence-electron chi connectivity index (χ3n) is 3.00. The molecule has 0 fully saturated rings. The summed E-state index contributed by atoms with van der Waals surface area (Å²) in [7, 11) is 1.89. The first-order valence-corrected chi connectivity index (χ1v) is 6.75. The lowest BCUT2D eigenvalue weighted by molar-refractivity contribution is 0.0954. The van der Waals surface area contributed by atoms with E-state index in [2.05, 4.69) is 20.6 Å². The average Bonchev–Trinajstić information content (AvgIpc) is 2.86. The summed E-state index contributed by atoms with van der Waals surface area (Å²) in [6.45, 7) is 2.91. The molecule has 0 aromatic carbocycles. The summed E-state index contributed by atoms with van der Waals surface area (Å²) < 4.78 is 15.2. The molecule has 0 spiro atoms. The van der Waals surface area contributed by atoms with Crippen LogP contribution in [0, 0.1) is 5.82 Å². The number of carbonyl (C=O) groups is 1. The maximum Gasteiger partial charge on any atom is 0.255 e. The van der Waals surface area contributed by atoms with Crippen molar-refractivity contribution < 1.29 is 9.18 Å². The summed E-state index contributed by atoms with van der Waals surface area (Å²) in [6, 6.07) is 1.18. The normalized spacial score (nSPS) is 10.4. The van der Waals surface area contributed by atoms with Gasteiger partial charge in [0.05, 0.1) is 11.8 Å². The Bertz CT molecular complexity index is 626. The van der Waals surface area contributed by atoms with Gasteiger partial charge >= 0.3 is 0 Å². The number of halogens is 1. The van der Waals surface area contributed by atoms with Gasteiger partial charge < -0.3 is 15.2 Å². The molecular weight excluding hydrogens is 273 g/mol. The van der Waals surface area contributed by atoms with Crippen LogP contribution < -0.4 is 10.6 Å². The highest BCUT2D eigenvalue weighted by Gasteiger charge is 2.13. The van der Waals surface area contributed by atoms with E-state index in [1.165, 1.54) is 6.07 Å². The molecule has 0 aliphatic heterocycles. The second-order valence-electron chi connectivity index (χ2n) is 4.54. The average molecular weight is 291 g/mol. The van der Waals surface area contributed by atoms with Gasteiger partial charge in [0.25, 0.3) is 5.91 Å². The molecule has 21 heavy (non-hydrogen) atoms. The van der Waals surface area contributed by atoms with Gasteiger partial charge in [0.2, 0.25) is 0 Å². The number of nitrogens with one attached hydrogen (secondary N) is 2. The molecule has 0 saturated carbocycles. The Labute approximate surface area is 122 Å². The number of hydrogen-bond acceptors (Lipinski definition) is 4. The number of pyridine rings is 1. The minimum Gasteiger partial charge on any atom is -0.370 e. The first kappa shape index (κ1) is 15.0. The topological polar surface area (TPSA) is 71.8 Å². The van der Waals surface area contributed by atoms with Crippen molar-refractivity contribution in [1.82, 2.24) is 19.9 Å². The van der Waals surface area contributed by atoms with Crippen LogP contribution in [0.25, 0.3) is 0 Å². The Kier molecular flexibility index (Phi) is 4.86. The molecule has 2 aromatic heterocycles. The van der Waals surface area contributed by atoms with E-state index in [9.17, 15) is 9.18 Å². The Hall–Kier alpha value is -2.44. The summed E-state index contributed by atoms with van der Waals surface area (Å²) in [5, 5.41) is 5.69. The van der Waals surface area contributed by atoms with E-state index in [0.29, 0.717) is 25.3 Å². The molecule has 0 aliphatic carbocycles. The predicted octanol–water partition coefficient (Wildman–Crippen LogP) is 1.36. The highest BCUT2D eigenvalue weighted by Crippen LogP contribution is 2.13. The molecule has 0 aliphatic rings. The van der Waals surface area contributed by atoms with E-state index in [1.807, 2.05) is 24.7 Å². The van der Waals surface area contributed by atoms with Crippen molar-refractivity contribution in [2.75, 3.05) is 18.4 Å². The zero-order chi connectivity index (χ0) is 15.2. The fourth-order valence-electron chi connectivity index (χ4n) is 1.94. The van der Waals surface area contributed by atoms with Crippen molar-refractivity contribution in [3.05, 3.63) is 41.9 Å². The minimum absolute atomic E-state index is 0.205. The van der Waals surface area contributed by atoms with Crippen LogP contribution in [-0.2, 0) is 13.5 Å². The maximum absolute atomic E-state index is 13.3. The third-order valence-corrected chi connectivity index (χ3v) is 3.00. The zero-order valence-corrected chi connectivity index (χ0v) is 12.1. The molecule has 0 unspecified atom stereocenters. The van der Waals surface area contributed by atoms with Crippen molar-refractivity contribution in [3.63, 3.8) is 0 Å². The number of aryl methyl sites for hydroxylation is 1. The molecule has 2 N–H and O–H groups in total. The molecular formula is C14H18FN5O. The second kappa shape index (κ2) is 6.83. The lowest BCUT2D eigenvalue weighted by Crippen LogP contribution is -2.27. The predicted molar refractivity (Wildman–Crippen MR) is 77.6 cm³/mol. The highest BCUT2D eigenvalue weighted by atomic mass is 19.1. The Morgan fingerprint density at radius 2 is 2.24 bits per heavy atom. The Morgan fingerprint density at radius 3 is 2.90 bits per heavy atom. The van der Waals surface area contributed by atoms with Crippen LogP contribution in [-0.4, -0.2) is 33.5 Å². The fourth-order valence-corrected chi connectivity index (χ4v) is 1.94. The van der Waals surface area contributed by atoms with E-state index in [0.717, 1.165) is 12.0 Å². The molecule has 7 heteroatoms. The molecule has 2 heterocycles. The monoisotopic (exact) mass is 291 g/mol. The fraction of sp³-hybridized carbons (Fsp3) is 0.357. The number of rotatable bonds is 6. The number of carbonyl (C=O) groups excluding carboxylic acids is 1. The lowest BCUT2D eigenvalue weighted by atomic mass is 10.2. The summed E-state index contributed by atoms with van der Waals surface area (Å²) >= 11 is 0. The SMILES string of the molecule is CCNc1ncc(F)cc1C(=O)NCCc1nccn1C. The first-order chi connectivity index (χ1) is 10.1. The van der Waals surface area contributed by atoms with Gasteiger partial charge in [-0.15, -0.1) is 0 Å². The van der Waals surface area contributed by atoms with Gasteiger partial charge in [-0.3, -0.25) is 4.79 Å². The first-order valence-electron chi connectivity index (χ1n) is 6.75. The van der Waals surface area contributed by atoms with E-state index < -0.39 is 5.82 Å². The van der Waals surface area contributed by atoms with E-state index in [4.69, 9.17) is 0 Å². The number of hydrogen-bond donors (Lipinski definition) is 2. The van der Waals surface area contributed by atoms with Gasteiger partial charge in [-0.2, -0.15) is 0 Å². The highest BCUT2D eigenvalue weighted by molar-refractivity contribution is 5.98. The second-order valence-corrected chi connectivity index (χ2v) is 4.54. The Balaban J connectivity index is 1.99. The molecule has 112 valence electrons. The van der Waals surface area contributed by atoms with Gasteiger partial charge in [0.15, 0.2) is 0 Å². The standard InChI is InChI=1S/C14H18FN5O/c1-3-16-13-11(8-10(15)9-19-13)14(21)18-5-4-12-17-6-7-20(12)2/h6-9H,3-5H2,1-2H3,(H,16,19)(H,18,21). The largest absolute Gasteiger partial charge is 0.370 e. The van der Waals surface area contributed by atoms with Gasteiger partial charge in [-0.05, 0) is 13.0 Å². The van der Waals surface area contributed by atoms with Crippen LogP contribution in [0.2, 0.25) is 0 Å². The summed E-state index contributed by atoms with van der Waals surface area (Å²) in [5.41, 5.74) is 0.205. The number of aromatic nitrogens is 3. The molecule has 0 saturated heterocycles. The number of imidazole rings is 1. The van der Waals surface area contributed by atoms with E-state index in [-0.39, 0.29) is 11.5 Å². The summed E-state index contributed by atoms with van der Waals surface area (Å²) in [5.74, 6) is 0.367. The number of anilines is 1. The molecule has 0 atom stereocenters. The van der Waals surface area contributed by atoms with Crippen molar-refractivity contribution in [1.29, 1.82) is 0 Å². The van der Waals surface area contributed by atoms with Gasteiger partial charge in [-0.1, -0.05) is 0 Å². The number of nitrogens with zero attached hydrogens (tertiary/aromatic N) is 3. The van der Waals surface area contributed by atoms with Gasteiger partial charge in [-0.25, -0.2) is 14.4 Å². The van der Waals surface area contributed by atoms with E-state index >= 15 is 0 Å². The van der Waals surface area contributed by atoms with Crippen LogP contribution in [0.5, 0.6) is 0 Å². The lowest BCUT2D eigenvalue weighted by Gasteiger charge is -2.10. The van der Waals surface area contributed by atoms with Crippen LogP contribution in [0.1, 0.15) is 23.1 Å². The van der Waals surface area contributed by atoms with Crippen molar-refractivity contribution in [2.45, 2.75) is 13.3 Å². The smallest absolute Gasteiger partial charge is 0.255 e. The maximum atomic E-state index is 13.3. The van der Waals surface area contributed by atoms with Crippen molar-refractivity contribution >= 4 is 11.7 Å². The van der Waals surface area contributed by atoms with Crippen LogP contribution in [0.4, 0.5) is 10.2 Å². The third kappa shape index (κ3) is 3.77. The summed E-state index contributed by atoms with van der Waals surface area (Å²) in [6.07, 6.45) is 5.24. The molecule has 2 aromatic rings.